The standard InChI is InChI=1S/C18H30N4O2/c1-7-18(24)19-16-8-9-17(21(5)6)15(12-16)13-22(14(2)23)11-10-20(3)4/h8-9,12H,7,10-11,13H2,1-6H3,(H,19,24). The minimum absolute atomic E-state index is 0.0189. The monoisotopic (exact) mass is 334 g/mol. The summed E-state index contributed by atoms with van der Waals surface area (Å²) in [6, 6.07) is 5.82. The summed E-state index contributed by atoms with van der Waals surface area (Å²) in [6.45, 7) is 5.41. The van der Waals surface area contributed by atoms with E-state index in [4.69, 9.17) is 0 Å². The third kappa shape index (κ3) is 6.20. The number of nitrogens with zero attached hydrogens (tertiary/aromatic N) is 3. The Morgan fingerprint density at radius 3 is 2.25 bits per heavy atom. The maximum absolute atomic E-state index is 12.0. The Morgan fingerprint density at radius 1 is 1.08 bits per heavy atom. The zero-order valence-electron chi connectivity index (χ0n) is 15.7. The van der Waals surface area contributed by atoms with Crippen LogP contribution in [-0.4, -0.2) is 62.9 Å². The van der Waals surface area contributed by atoms with Crippen molar-refractivity contribution in [1.82, 2.24) is 9.80 Å². The van der Waals surface area contributed by atoms with Gasteiger partial charge in [-0.05, 0) is 37.9 Å². The largest absolute Gasteiger partial charge is 0.377 e. The van der Waals surface area contributed by atoms with E-state index in [1.807, 2.05) is 63.1 Å². The van der Waals surface area contributed by atoms with Gasteiger partial charge in [-0.1, -0.05) is 6.92 Å². The van der Waals surface area contributed by atoms with Crippen LogP contribution in [0.5, 0.6) is 0 Å². The molecule has 6 nitrogen and oxygen atoms in total. The summed E-state index contributed by atoms with van der Waals surface area (Å²) in [5, 5.41) is 2.88. The minimum Gasteiger partial charge on any atom is -0.377 e. The van der Waals surface area contributed by atoms with E-state index in [2.05, 4.69) is 10.2 Å². The molecule has 0 aliphatic rings. The van der Waals surface area contributed by atoms with E-state index in [9.17, 15) is 9.59 Å². The van der Waals surface area contributed by atoms with E-state index >= 15 is 0 Å². The molecule has 0 radical (unpaired) electrons. The molecule has 1 rings (SSSR count). The molecule has 0 atom stereocenters. The summed E-state index contributed by atoms with van der Waals surface area (Å²) in [7, 11) is 7.93. The number of carbonyl (C=O) groups excluding carboxylic acids is 2. The molecule has 24 heavy (non-hydrogen) atoms. The second-order valence-electron chi connectivity index (χ2n) is 6.38. The van der Waals surface area contributed by atoms with Crippen LogP contribution >= 0.6 is 0 Å². The molecule has 0 aliphatic carbocycles. The molecule has 1 aromatic carbocycles. The third-order valence-corrected chi connectivity index (χ3v) is 3.79. The Labute approximate surface area is 145 Å². The number of anilines is 2. The molecular formula is C18H30N4O2. The smallest absolute Gasteiger partial charge is 0.224 e. The van der Waals surface area contributed by atoms with Crippen molar-refractivity contribution < 1.29 is 9.59 Å². The molecule has 6 heteroatoms. The number of hydrogen-bond acceptors (Lipinski definition) is 4. The average molecular weight is 334 g/mol. The second kappa shape index (κ2) is 9.27. The zero-order valence-corrected chi connectivity index (χ0v) is 15.7. The van der Waals surface area contributed by atoms with Crippen molar-refractivity contribution in [3.63, 3.8) is 0 Å². The van der Waals surface area contributed by atoms with Gasteiger partial charge in [0, 0.05) is 58.4 Å². The fraction of sp³-hybridized carbons (Fsp3) is 0.556. The molecule has 1 aromatic rings. The van der Waals surface area contributed by atoms with Gasteiger partial charge < -0.3 is 20.0 Å². The molecule has 0 spiro atoms. The number of benzene rings is 1. The fourth-order valence-corrected chi connectivity index (χ4v) is 2.35. The van der Waals surface area contributed by atoms with Gasteiger partial charge in [0.2, 0.25) is 11.8 Å². The van der Waals surface area contributed by atoms with Gasteiger partial charge in [-0.2, -0.15) is 0 Å². The highest BCUT2D eigenvalue weighted by Gasteiger charge is 2.14. The van der Waals surface area contributed by atoms with Gasteiger partial charge in [-0.25, -0.2) is 0 Å². The van der Waals surface area contributed by atoms with Gasteiger partial charge in [-0.15, -0.1) is 0 Å². The van der Waals surface area contributed by atoms with Crippen LogP contribution in [0.4, 0.5) is 11.4 Å². The predicted octanol–water partition coefficient (Wildman–Crippen LogP) is 2.01. The Balaban J connectivity index is 3.05. The molecule has 0 bridgehead atoms. The quantitative estimate of drug-likeness (QED) is 0.790. The van der Waals surface area contributed by atoms with E-state index in [1.54, 1.807) is 6.92 Å². The molecular weight excluding hydrogens is 304 g/mol. The molecule has 0 saturated carbocycles. The number of rotatable bonds is 8. The van der Waals surface area contributed by atoms with Crippen LogP contribution < -0.4 is 10.2 Å². The van der Waals surface area contributed by atoms with Crippen LogP contribution in [0.25, 0.3) is 0 Å². The average Bonchev–Trinajstić information content (AvgIpc) is 2.50. The Kier molecular flexibility index (Phi) is 7.71. The molecule has 134 valence electrons. The van der Waals surface area contributed by atoms with E-state index in [0.29, 0.717) is 19.5 Å². The maximum atomic E-state index is 12.0. The van der Waals surface area contributed by atoms with Crippen molar-refractivity contribution in [3.8, 4) is 0 Å². The second-order valence-corrected chi connectivity index (χ2v) is 6.38. The van der Waals surface area contributed by atoms with Gasteiger partial charge in [0.05, 0.1) is 0 Å². The van der Waals surface area contributed by atoms with Crippen LogP contribution in [0.1, 0.15) is 25.8 Å². The topological polar surface area (TPSA) is 55.9 Å². The van der Waals surface area contributed by atoms with Crippen molar-refractivity contribution in [1.29, 1.82) is 0 Å². The lowest BCUT2D eigenvalue weighted by atomic mass is 10.1. The number of carbonyl (C=O) groups is 2. The molecule has 0 aliphatic heterocycles. The third-order valence-electron chi connectivity index (χ3n) is 3.79. The first-order valence-electron chi connectivity index (χ1n) is 8.25. The number of nitrogens with one attached hydrogen (secondary N) is 1. The lowest BCUT2D eigenvalue weighted by molar-refractivity contribution is -0.129. The van der Waals surface area contributed by atoms with Crippen molar-refractivity contribution >= 4 is 23.2 Å². The molecule has 2 amide bonds. The first-order chi connectivity index (χ1) is 11.2. The summed E-state index contributed by atoms with van der Waals surface area (Å²) in [4.78, 5) is 29.5. The van der Waals surface area contributed by atoms with E-state index < -0.39 is 0 Å². The van der Waals surface area contributed by atoms with Gasteiger partial charge >= 0.3 is 0 Å². The lowest BCUT2D eigenvalue weighted by Gasteiger charge is -2.26. The van der Waals surface area contributed by atoms with Crippen LogP contribution in [-0.2, 0) is 16.1 Å². The van der Waals surface area contributed by atoms with E-state index in [1.165, 1.54) is 0 Å². The van der Waals surface area contributed by atoms with E-state index in [0.717, 1.165) is 23.5 Å². The van der Waals surface area contributed by atoms with Crippen LogP contribution in [0.2, 0.25) is 0 Å². The summed E-state index contributed by atoms with van der Waals surface area (Å²) >= 11 is 0. The summed E-state index contributed by atoms with van der Waals surface area (Å²) in [6.07, 6.45) is 0.438. The highest BCUT2D eigenvalue weighted by molar-refractivity contribution is 5.90. The van der Waals surface area contributed by atoms with Crippen LogP contribution in [0.15, 0.2) is 18.2 Å². The Hall–Kier alpha value is -2.08. The van der Waals surface area contributed by atoms with Crippen molar-refractivity contribution in [3.05, 3.63) is 23.8 Å². The first-order valence-corrected chi connectivity index (χ1v) is 8.25. The van der Waals surface area contributed by atoms with Crippen molar-refractivity contribution in [2.24, 2.45) is 0 Å². The highest BCUT2D eigenvalue weighted by Crippen LogP contribution is 2.24. The zero-order chi connectivity index (χ0) is 18.3. The van der Waals surface area contributed by atoms with Gasteiger partial charge in [-0.3, -0.25) is 9.59 Å². The lowest BCUT2D eigenvalue weighted by Crippen LogP contribution is -2.35. The fourth-order valence-electron chi connectivity index (χ4n) is 2.35. The maximum Gasteiger partial charge on any atom is 0.224 e. The van der Waals surface area contributed by atoms with Crippen LogP contribution in [0.3, 0.4) is 0 Å². The van der Waals surface area contributed by atoms with E-state index in [-0.39, 0.29) is 11.8 Å². The molecule has 1 N–H and O–H groups in total. The number of likely N-dealkylation sites (N-methyl/N-ethyl adjacent to an activating group) is 1. The summed E-state index contributed by atoms with van der Waals surface area (Å²) < 4.78 is 0. The van der Waals surface area contributed by atoms with Gasteiger partial charge in [0.15, 0.2) is 0 Å². The summed E-state index contributed by atoms with van der Waals surface area (Å²) in [5.74, 6) is 0.0270. The number of amides is 2. The Morgan fingerprint density at radius 2 is 1.75 bits per heavy atom. The molecule has 0 unspecified atom stereocenters. The number of hydrogen-bond donors (Lipinski definition) is 1. The van der Waals surface area contributed by atoms with Crippen molar-refractivity contribution in [2.45, 2.75) is 26.8 Å². The van der Waals surface area contributed by atoms with Gasteiger partial charge in [0.25, 0.3) is 0 Å². The minimum atomic E-state index is -0.0189. The highest BCUT2D eigenvalue weighted by atomic mass is 16.2. The molecule has 0 saturated heterocycles. The Bertz CT molecular complexity index is 570. The van der Waals surface area contributed by atoms with Gasteiger partial charge in [0.1, 0.15) is 0 Å². The van der Waals surface area contributed by atoms with Crippen LogP contribution in [0, 0.1) is 0 Å². The van der Waals surface area contributed by atoms with Crippen molar-refractivity contribution in [2.75, 3.05) is 51.5 Å². The predicted molar refractivity (Wildman–Crippen MR) is 99.3 cm³/mol. The SMILES string of the molecule is CCC(=O)Nc1ccc(N(C)C)c(CN(CCN(C)C)C(C)=O)c1. The molecule has 0 fully saturated rings. The summed E-state index contributed by atoms with van der Waals surface area (Å²) in [5.41, 5.74) is 2.82. The molecule has 0 aromatic heterocycles. The molecule has 0 heterocycles. The first kappa shape index (κ1) is 20.0. The normalized spacial score (nSPS) is 10.6.